The Bertz CT molecular complexity index is 621. The number of hydrogen-bond donors (Lipinski definition) is 1. The Balaban J connectivity index is 0.000000163. The predicted molar refractivity (Wildman–Crippen MR) is 89.2 cm³/mol. The van der Waals surface area contributed by atoms with Gasteiger partial charge < -0.3 is 5.32 Å². The molecule has 0 atom stereocenters. The lowest BCUT2D eigenvalue weighted by Gasteiger charge is -1.96. The first-order valence-corrected chi connectivity index (χ1v) is 7.17. The summed E-state index contributed by atoms with van der Waals surface area (Å²) in [5, 5.41) is 4.08. The number of rotatable bonds is 1. The van der Waals surface area contributed by atoms with Crippen LogP contribution in [0.4, 0.5) is 0 Å². The fourth-order valence-electron chi connectivity index (χ4n) is 1.59. The van der Waals surface area contributed by atoms with Crippen LogP contribution >= 0.6 is 24.0 Å². The van der Waals surface area contributed by atoms with Crippen LogP contribution in [0.5, 0.6) is 0 Å². The number of nitrogens with zero attached hydrogens (tertiary/aromatic N) is 1. The lowest BCUT2D eigenvalue weighted by molar-refractivity contribution is 1.21. The van der Waals surface area contributed by atoms with Gasteiger partial charge in [-0.05, 0) is 23.8 Å². The molecule has 1 fully saturated rings. The van der Waals surface area contributed by atoms with E-state index < -0.39 is 0 Å². The molecule has 1 aliphatic rings. The highest BCUT2D eigenvalue weighted by Crippen LogP contribution is 2.14. The third-order valence-corrected chi connectivity index (χ3v) is 3.83. The number of benzene rings is 1. The molecule has 0 radical (unpaired) electrons. The van der Waals surface area contributed by atoms with E-state index in [9.17, 15) is 0 Å². The van der Waals surface area contributed by atoms with E-state index in [1.807, 2.05) is 24.3 Å². The van der Waals surface area contributed by atoms with Gasteiger partial charge in [0.25, 0.3) is 0 Å². The van der Waals surface area contributed by atoms with Gasteiger partial charge in [0, 0.05) is 23.0 Å². The second kappa shape index (κ2) is 6.50. The standard InChI is InChI=1S/C11H9N.C4H5NS2/c1-2-9-5-6-11-10(8-9)4-3-7-12-11;1-3-2-7-4(6)5-3/h2-8H,1H2;1-2H2,(H,5,6). The van der Waals surface area contributed by atoms with Crippen molar-refractivity contribution in [3.05, 3.63) is 60.9 Å². The molecule has 2 nitrogen and oxygen atoms in total. The summed E-state index contributed by atoms with van der Waals surface area (Å²) in [6.07, 6.45) is 3.64. The Labute approximate surface area is 122 Å². The first-order chi connectivity index (χ1) is 9.19. The fourth-order valence-corrected chi connectivity index (χ4v) is 2.51. The van der Waals surface area contributed by atoms with Crippen LogP contribution in [-0.2, 0) is 0 Å². The zero-order chi connectivity index (χ0) is 13.7. The minimum absolute atomic E-state index is 0.852. The molecule has 1 aromatic heterocycles. The molecule has 4 heteroatoms. The maximum Gasteiger partial charge on any atom is 0.138 e. The maximum absolute atomic E-state index is 4.79. The summed E-state index contributed by atoms with van der Waals surface area (Å²) < 4.78 is 0.852. The van der Waals surface area contributed by atoms with E-state index in [1.165, 1.54) is 0 Å². The second-order valence-corrected chi connectivity index (χ2v) is 5.62. The van der Waals surface area contributed by atoms with Crippen LogP contribution in [0.2, 0.25) is 0 Å². The van der Waals surface area contributed by atoms with Gasteiger partial charge in [0.05, 0.1) is 5.52 Å². The third-order valence-electron chi connectivity index (χ3n) is 2.52. The number of thiocarbonyl (C=S) groups is 1. The molecule has 1 aliphatic heterocycles. The summed E-state index contributed by atoms with van der Waals surface area (Å²) in [4.78, 5) is 4.22. The molecule has 1 aromatic carbocycles. The van der Waals surface area contributed by atoms with Gasteiger partial charge in [-0.25, -0.2) is 0 Å². The first kappa shape index (κ1) is 13.8. The Morgan fingerprint density at radius 2 is 2.21 bits per heavy atom. The van der Waals surface area contributed by atoms with Crippen molar-refractivity contribution in [2.24, 2.45) is 0 Å². The zero-order valence-corrected chi connectivity index (χ0v) is 12.1. The molecule has 0 spiro atoms. The van der Waals surface area contributed by atoms with Crippen LogP contribution in [0.1, 0.15) is 5.56 Å². The summed E-state index contributed by atoms with van der Waals surface area (Å²) in [5.74, 6) is 0.943. The summed E-state index contributed by atoms with van der Waals surface area (Å²) in [7, 11) is 0. The quantitative estimate of drug-likeness (QED) is 0.801. The zero-order valence-electron chi connectivity index (χ0n) is 10.4. The summed E-state index contributed by atoms with van der Waals surface area (Å²) >= 11 is 6.41. The maximum atomic E-state index is 4.79. The monoisotopic (exact) mass is 286 g/mol. The Morgan fingerprint density at radius 3 is 2.79 bits per heavy atom. The molecule has 3 rings (SSSR count). The van der Waals surface area contributed by atoms with Crippen molar-refractivity contribution in [3.63, 3.8) is 0 Å². The van der Waals surface area contributed by atoms with E-state index >= 15 is 0 Å². The van der Waals surface area contributed by atoms with E-state index in [0.717, 1.165) is 32.2 Å². The average molecular weight is 286 g/mol. The van der Waals surface area contributed by atoms with E-state index in [0.29, 0.717) is 0 Å². The van der Waals surface area contributed by atoms with Gasteiger partial charge in [0.15, 0.2) is 0 Å². The molecule has 1 N–H and O–H groups in total. The summed E-state index contributed by atoms with van der Waals surface area (Å²) in [5.41, 5.74) is 3.19. The van der Waals surface area contributed by atoms with Crippen LogP contribution < -0.4 is 5.32 Å². The highest BCUT2D eigenvalue weighted by atomic mass is 32.2. The molecule has 0 saturated carbocycles. The summed E-state index contributed by atoms with van der Waals surface area (Å²) in [6, 6.07) is 10.1. The van der Waals surface area contributed by atoms with Crippen molar-refractivity contribution in [2.75, 3.05) is 5.75 Å². The number of fused-ring (bicyclic) bond motifs is 1. The van der Waals surface area contributed by atoms with Crippen LogP contribution in [0.15, 0.2) is 55.4 Å². The van der Waals surface area contributed by atoms with Crippen molar-refractivity contribution < 1.29 is 0 Å². The molecule has 2 heterocycles. The van der Waals surface area contributed by atoms with E-state index in [4.69, 9.17) is 12.2 Å². The molecular weight excluding hydrogens is 272 g/mol. The van der Waals surface area contributed by atoms with Gasteiger partial charge in [-0.3, -0.25) is 4.98 Å². The molecule has 19 heavy (non-hydrogen) atoms. The van der Waals surface area contributed by atoms with Crippen LogP contribution in [-0.4, -0.2) is 15.1 Å². The third kappa shape index (κ3) is 3.91. The Hall–Kier alpha value is -1.65. The largest absolute Gasteiger partial charge is 0.344 e. The van der Waals surface area contributed by atoms with Crippen molar-refractivity contribution in [1.29, 1.82) is 0 Å². The van der Waals surface area contributed by atoms with Gasteiger partial charge >= 0.3 is 0 Å². The van der Waals surface area contributed by atoms with E-state index in [2.05, 4.69) is 35.6 Å². The number of aromatic nitrogens is 1. The minimum atomic E-state index is 0.852. The predicted octanol–water partition coefficient (Wildman–Crippen LogP) is 4.00. The second-order valence-electron chi connectivity index (χ2n) is 3.96. The summed E-state index contributed by atoms with van der Waals surface area (Å²) in [6.45, 7) is 7.40. The van der Waals surface area contributed by atoms with Gasteiger partial charge in [-0.2, -0.15) is 0 Å². The molecule has 1 saturated heterocycles. The lowest BCUT2D eigenvalue weighted by Crippen LogP contribution is -2.07. The molecule has 2 aromatic rings. The lowest BCUT2D eigenvalue weighted by atomic mass is 10.1. The molecule has 0 bridgehead atoms. The van der Waals surface area contributed by atoms with Gasteiger partial charge in [0.2, 0.25) is 0 Å². The van der Waals surface area contributed by atoms with Crippen LogP contribution in [0.25, 0.3) is 17.0 Å². The first-order valence-electron chi connectivity index (χ1n) is 5.78. The molecule has 96 valence electrons. The SMILES string of the molecule is C=C1CSC(=S)N1.C=Cc1ccc2ncccc2c1. The van der Waals surface area contributed by atoms with Crippen molar-refractivity contribution in [1.82, 2.24) is 10.3 Å². The molecule has 0 amide bonds. The molecule has 0 unspecified atom stereocenters. The van der Waals surface area contributed by atoms with Crippen LogP contribution in [0.3, 0.4) is 0 Å². The molecular formula is C15H14N2S2. The number of nitrogens with one attached hydrogen (secondary N) is 1. The topological polar surface area (TPSA) is 24.9 Å². The average Bonchev–Trinajstić information content (AvgIpc) is 2.82. The van der Waals surface area contributed by atoms with Crippen molar-refractivity contribution >= 4 is 45.3 Å². The van der Waals surface area contributed by atoms with Crippen molar-refractivity contribution in [3.8, 4) is 0 Å². The number of thioether (sulfide) groups is 1. The molecule has 0 aliphatic carbocycles. The number of hydrogen-bond acceptors (Lipinski definition) is 3. The normalized spacial score (nSPS) is 13.7. The van der Waals surface area contributed by atoms with E-state index in [-0.39, 0.29) is 0 Å². The smallest absolute Gasteiger partial charge is 0.138 e. The number of pyridine rings is 1. The van der Waals surface area contributed by atoms with Gasteiger partial charge in [0.1, 0.15) is 4.32 Å². The Morgan fingerprint density at radius 1 is 1.37 bits per heavy atom. The highest BCUT2D eigenvalue weighted by Gasteiger charge is 2.07. The Kier molecular flexibility index (Phi) is 4.71. The minimum Gasteiger partial charge on any atom is -0.344 e. The highest BCUT2D eigenvalue weighted by molar-refractivity contribution is 8.23. The fraction of sp³-hybridized carbons (Fsp3) is 0.0667. The van der Waals surface area contributed by atoms with E-state index in [1.54, 1.807) is 18.0 Å². The van der Waals surface area contributed by atoms with Crippen molar-refractivity contribution in [2.45, 2.75) is 0 Å². The van der Waals surface area contributed by atoms with Crippen LogP contribution in [0, 0.1) is 0 Å². The van der Waals surface area contributed by atoms with Gasteiger partial charge in [-0.15, -0.1) is 0 Å². The van der Waals surface area contributed by atoms with Gasteiger partial charge in [-0.1, -0.05) is 55.3 Å².